The zero-order chi connectivity index (χ0) is 19.1. The van der Waals surface area contributed by atoms with Crippen molar-refractivity contribution in [2.24, 2.45) is 0 Å². The van der Waals surface area contributed by atoms with E-state index >= 15 is 0 Å². The summed E-state index contributed by atoms with van der Waals surface area (Å²) in [7, 11) is 0. The molecule has 0 bridgehead atoms. The maximum atomic E-state index is 12.7. The van der Waals surface area contributed by atoms with Gasteiger partial charge in [-0.15, -0.1) is 0 Å². The highest BCUT2D eigenvalue weighted by molar-refractivity contribution is 6.05. The van der Waals surface area contributed by atoms with E-state index in [9.17, 15) is 9.59 Å². The van der Waals surface area contributed by atoms with E-state index < -0.39 is 0 Å². The van der Waals surface area contributed by atoms with E-state index in [-0.39, 0.29) is 23.6 Å². The number of rotatable bonds is 6. The molecule has 0 unspecified atom stereocenters. The molecular weight excluding hydrogens is 340 g/mol. The Balaban J connectivity index is 1.74. The van der Waals surface area contributed by atoms with E-state index in [2.05, 4.69) is 10.6 Å². The first-order valence-electron chi connectivity index (χ1n) is 9.16. The second kappa shape index (κ2) is 9.14. The fraction of sp³-hybridized carbons (Fsp3) is 0.273. The minimum atomic E-state index is -0.324. The van der Waals surface area contributed by atoms with E-state index in [1.807, 2.05) is 49.4 Å². The minimum Gasteiger partial charge on any atom is -0.376 e. The van der Waals surface area contributed by atoms with Crippen LogP contribution in [0.3, 0.4) is 0 Å². The number of carbonyl (C=O) groups is 2. The van der Waals surface area contributed by atoms with Gasteiger partial charge < -0.3 is 15.4 Å². The third-order valence-electron chi connectivity index (χ3n) is 4.43. The first-order chi connectivity index (χ1) is 13.1. The Morgan fingerprint density at radius 1 is 1.11 bits per heavy atom. The summed E-state index contributed by atoms with van der Waals surface area (Å²) in [6.45, 7) is 3.13. The number of aryl methyl sites for hydroxylation is 1. The summed E-state index contributed by atoms with van der Waals surface area (Å²) in [5, 5.41) is 5.61. The Morgan fingerprint density at radius 2 is 1.85 bits per heavy atom. The van der Waals surface area contributed by atoms with Crippen LogP contribution >= 0.6 is 0 Å². The topological polar surface area (TPSA) is 67.4 Å². The van der Waals surface area contributed by atoms with E-state index in [1.165, 1.54) is 0 Å². The van der Waals surface area contributed by atoms with Crippen molar-refractivity contribution < 1.29 is 14.3 Å². The maximum Gasteiger partial charge on any atom is 0.267 e. The van der Waals surface area contributed by atoms with Gasteiger partial charge in [-0.3, -0.25) is 9.59 Å². The molecule has 140 valence electrons. The highest BCUT2D eigenvalue weighted by Gasteiger charge is 2.19. The number of ether oxygens (including phenoxy) is 1. The van der Waals surface area contributed by atoms with Crippen molar-refractivity contribution in [2.75, 3.05) is 13.2 Å². The fourth-order valence-corrected chi connectivity index (χ4v) is 2.88. The molecule has 1 aliphatic heterocycles. The second-order valence-electron chi connectivity index (χ2n) is 6.63. The van der Waals surface area contributed by atoms with E-state index in [4.69, 9.17) is 4.74 Å². The van der Waals surface area contributed by atoms with Crippen molar-refractivity contribution in [3.05, 3.63) is 77.0 Å². The van der Waals surface area contributed by atoms with Crippen LogP contribution in [0, 0.1) is 6.92 Å². The molecule has 2 amide bonds. The summed E-state index contributed by atoms with van der Waals surface area (Å²) in [5.41, 5.74) is 2.63. The largest absolute Gasteiger partial charge is 0.376 e. The molecule has 0 spiro atoms. The van der Waals surface area contributed by atoms with Gasteiger partial charge in [0.15, 0.2) is 0 Å². The molecule has 1 atom stereocenters. The van der Waals surface area contributed by atoms with Crippen LogP contribution in [0.25, 0.3) is 6.08 Å². The maximum absolute atomic E-state index is 12.7. The molecule has 1 saturated heterocycles. The monoisotopic (exact) mass is 364 g/mol. The lowest BCUT2D eigenvalue weighted by atomic mass is 10.1. The molecule has 27 heavy (non-hydrogen) atoms. The van der Waals surface area contributed by atoms with Crippen LogP contribution in [-0.4, -0.2) is 31.1 Å². The molecular formula is C22H24N2O3. The molecule has 1 fully saturated rings. The predicted octanol–water partition coefficient (Wildman–Crippen LogP) is 3.06. The van der Waals surface area contributed by atoms with Crippen LogP contribution in [0.2, 0.25) is 0 Å². The van der Waals surface area contributed by atoms with Gasteiger partial charge in [-0.05, 0) is 43.5 Å². The standard InChI is InChI=1S/C22H24N2O3/c1-16-9-11-18(12-10-16)21(25)24-20(14-17-6-3-2-4-7-17)22(26)23-15-19-8-5-13-27-19/h2-4,6-7,9-12,14,19H,5,8,13,15H2,1H3,(H,23,26)(H,24,25)/b20-14+/t19-/m0/s1. The first-order valence-corrected chi connectivity index (χ1v) is 9.16. The van der Waals surface area contributed by atoms with Crippen LogP contribution in [-0.2, 0) is 9.53 Å². The summed E-state index contributed by atoms with van der Waals surface area (Å²) in [5.74, 6) is -0.640. The summed E-state index contributed by atoms with van der Waals surface area (Å²) in [6.07, 6.45) is 3.67. The molecule has 0 aromatic heterocycles. The molecule has 0 saturated carbocycles. The fourth-order valence-electron chi connectivity index (χ4n) is 2.88. The average Bonchev–Trinajstić information content (AvgIpc) is 3.20. The summed E-state index contributed by atoms with van der Waals surface area (Å²) < 4.78 is 5.54. The van der Waals surface area contributed by atoms with Gasteiger partial charge in [-0.2, -0.15) is 0 Å². The summed E-state index contributed by atoms with van der Waals surface area (Å²) >= 11 is 0. The Labute approximate surface area is 159 Å². The van der Waals surface area contributed by atoms with Gasteiger partial charge in [0.05, 0.1) is 6.10 Å². The Kier molecular flexibility index (Phi) is 6.39. The number of carbonyl (C=O) groups excluding carboxylic acids is 2. The molecule has 1 heterocycles. The molecule has 3 rings (SSSR count). The summed E-state index contributed by atoms with van der Waals surface area (Å²) in [4.78, 5) is 25.2. The summed E-state index contributed by atoms with van der Waals surface area (Å²) in [6, 6.07) is 16.7. The van der Waals surface area contributed by atoms with Gasteiger partial charge >= 0.3 is 0 Å². The van der Waals surface area contributed by atoms with E-state index in [1.54, 1.807) is 18.2 Å². The van der Waals surface area contributed by atoms with Crippen molar-refractivity contribution in [1.29, 1.82) is 0 Å². The van der Waals surface area contributed by atoms with Crippen LogP contribution in [0.15, 0.2) is 60.3 Å². The predicted molar refractivity (Wildman–Crippen MR) is 105 cm³/mol. The highest BCUT2D eigenvalue weighted by atomic mass is 16.5. The lowest BCUT2D eigenvalue weighted by Gasteiger charge is -2.14. The normalized spacial score (nSPS) is 16.8. The van der Waals surface area contributed by atoms with Gasteiger partial charge in [0.1, 0.15) is 5.70 Å². The number of hydrogen-bond acceptors (Lipinski definition) is 3. The number of benzene rings is 2. The van der Waals surface area contributed by atoms with E-state index in [0.29, 0.717) is 12.1 Å². The lowest BCUT2D eigenvalue weighted by molar-refractivity contribution is -0.118. The van der Waals surface area contributed by atoms with Gasteiger partial charge in [-0.25, -0.2) is 0 Å². The van der Waals surface area contributed by atoms with Crippen LogP contribution in [0.5, 0.6) is 0 Å². The number of hydrogen-bond donors (Lipinski definition) is 2. The quantitative estimate of drug-likeness (QED) is 0.774. The minimum absolute atomic E-state index is 0.0414. The zero-order valence-electron chi connectivity index (χ0n) is 15.4. The molecule has 5 nitrogen and oxygen atoms in total. The number of nitrogens with one attached hydrogen (secondary N) is 2. The van der Waals surface area contributed by atoms with E-state index in [0.717, 1.165) is 30.6 Å². The lowest BCUT2D eigenvalue weighted by Crippen LogP contribution is -2.38. The first kappa shape index (κ1) is 18.9. The van der Waals surface area contributed by atoms with Crippen LogP contribution in [0.1, 0.15) is 34.3 Å². The van der Waals surface area contributed by atoms with Gasteiger partial charge in [-0.1, -0.05) is 48.0 Å². The smallest absolute Gasteiger partial charge is 0.267 e. The van der Waals surface area contributed by atoms with Gasteiger partial charge in [0.2, 0.25) is 0 Å². The molecule has 2 aromatic rings. The molecule has 2 N–H and O–H groups in total. The molecule has 1 aliphatic rings. The van der Waals surface area contributed by atoms with Gasteiger partial charge in [0.25, 0.3) is 11.8 Å². The third kappa shape index (κ3) is 5.53. The average molecular weight is 364 g/mol. The van der Waals surface area contributed by atoms with Gasteiger partial charge in [0, 0.05) is 18.7 Å². The van der Waals surface area contributed by atoms with Crippen molar-refractivity contribution in [2.45, 2.75) is 25.9 Å². The molecule has 2 aromatic carbocycles. The molecule has 0 aliphatic carbocycles. The highest BCUT2D eigenvalue weighted by Crippen LogP contribution is 2.12. The third-order valence-corrected chi connectivity index (χ3v) is 4.43. The van der Waals surface area contributed by atoms with Crippen LogP contribution < -0.4 is 10.6 Å². The van der Waals surface area contributed by atoms with Crippen molar-refractivity contribution >= 4 is 17.9 Å². The van der Waals surface area contributed by atoms with Crippen molar-refractivity contribution in [3.8, 4) is 0 Å². The zero-order valence-corrected chi connectivity index (χ0v) is 15.4. The Morgan fingerprint density at radius 3 is 2.52 bits per heavy atom. The SMILES string of the molecule is Cc1ccc(C(=O)N/C(=C/c2ccccc2)C(=O)NC[C@@H]2CCCO2)cc1. The molecule has 0 radical (unpaired) electrons. The Bertz CT molecular complexity index is 807. The molecule has 5 heteroatoms. The van der Waals surface area contributed by atoms with Crippen molar-refractivity contribution in [3.63, 3.8) is 0 Å². The Hall–Kier alpha value is -2.92. The van der Waals surface area contributed by atoms with Crippen LogP contribution in [0.4, 0.5) is 0 Å². The number of amides is 2. The second-order valence-corrected chi connectivity index (χ2v) is 6.63. The van der Waals surface area contributed by atoms with Crippen molar-refractivity contribution in [1.82, 2.24) is 10.6 Å².